The van der Waals surface area contributed by atoms with Gasteiger partial charge >= 0.3 is 6.11 Å². The van der Waals surface area contributed by atoms with Crippen molar-refractivity contribution in [2.75, 3.05) is 6.61 Å². The Kier molecular flexibility index (Phi) is 4.47. The van der Waals surface area contributed by atoms with Crippen LogP contribution in [0.1, 0.15) is 13.8 Å². The molecule has 0 aliphatic carbocycles. The molecule has 0 heterocycles. The van der Waals surface area contributed by atoms with Crippen LogP contribution in [0.4, 0.5) is 17.7 Å². The minimum Gasteiger partial charge on any atom is -0.320 e. The minimum atomic E-state index is -3.71. The lowest BCUT2D eigenvalue weighted by Gasteiger charge is -2.23. The summed E-state index contributed by atoms with van der Waals surface area (Å²) in [6.07, 6.45) is -6.38. The van der Waals surface area contributed by atoms with Gasteiger partial charge in [0.2, 0.25) is 6.36 Å². The van der Waals surface area contributed by atoms with Crippen molar-refractivity contribution >= 4 is 0 Å². The maximum Gasteiger partial charge on any atom is 0.363 e. The van der Waals surface area contributed by atoms with Crippen LogP contribution in [0, 0.1) is 5.92 Å². The first-order valence-electron chi connectivity index (χ1n) is 3.39. The third-order valence-corrected chi connectivity index (χ3v) is 1.35. The van der Waals surface area contributed by atoms with Crippen LogP contribution in [0.2, 0.25) is 0 Å². The molecule has 0 aliphatic rings. The molecule has 6 heteroatoms. The molecule has 0 rings (SSSR count). The number of alkyl halides is 3. The molecule has 0 saturated heterocycles. The largest absolute Gasteiger partial charge is 0.363 e. The summed E-state index contributed by atoms with van der Waals surface area (Å²) in [5.74, 6) is -1.97. The molecule has 0 amide bonds. The minimum absolute atomic E-state index is 0.281. The average molecular weight is 190 g/mol. The molecule has 12 heavy (non-hydrogen) atoms. The van der Waals surface area contributed by atoms with E-state index in [1.165, 1.54) is 6.92 Å². The predicted molar refractivity (Wildman–Crippen MR) is 32.8 cm³/mol. The molecule has 0 aromatic rings. The molecule has 0 saturated carbocycles. The Hall–Kier alpha value is -0.360. The summed E-state index contributed by atoms with van der Waals surface area (Å²) in [7, 11) is 0. The van der Waals surface area contributed by atoms with Crippen molar-refractivity contribution < 1.29 is 27.4 Å². The summed E-state index contributed by atoms with van der Waals surface area (Å²) in [6, 6.07) is 0. The van der Waals surface area contributed by atoms with Crippen molar-refractivity contribution in [3.63, 3.8) is 0 Å². The van der Waals surface area contributed by atoms with E-state index in [1.54, 1.807) is 0 Å². The van der Waals surface area contributed by atoms with Gasteiger partial charge in [-0.05, 0) is 18.4 Å². The Bertz CT molecular complexity index is 131. The Morgan fingerprint density at radius 3 is 2.25 bits per heavy atom. The summed E-state index contributed by atoms with van der Waals surface area (Å²) in [5, 5.41) is 0. The SMILES string of the molecule is CCOC(F)(F)C(C)C(F)OF. The van der Waals surface area contributed by atoms with Crippen molar-refractivity contribution in [3.05, 3.63) is 0 Å². The highest BCUT2D eigenvalue weighted by Gasteiger charge is 2.43. The zero-order valence-corrected chi connectivity index (χ0v) is 6.69. The summed E-state index contributed by atoms with van der Waals surface area (Å²) in [6.45, 7) is 1.83. The molecular weight excluding hydrogens is 180 g/mol. The molecule has 74 valence electrons. The van der Waals surface area contributed by atoms with Crippen LogP contribution in [0.5, 0.6) is 0 Å². The van der Waals surface area contributed by atoms with Gasteiger partial charge in [-0.2, -0.15) is 13.7 Å². The van der Waals surface area contributed by atoms with Gasteiger partial charge in [0.05, 0.1) is 6.61 Å². The van der Waals surface area contributed by atoms with Crippen LogP contribution in [-0.4, -0.2) is 19.1 Å². The summed E-state index contributed by atoms with van der Waals surface area (Å²) >= 11 is 0. The van der Waals surface area contributed by atoms with E-state index in [0.717, 1.165) is 6.92 Å². The van der Waals surface area contributed by atoms with Crippen molar-refractivity contribution in [3.8, 4) is 0 Å². The molecule has 0 aromatic heterocycles. The molecule has 0 aromatic carbocycles. The van der Waals surface area contributed by atoms with Gasteiger partial charge in [-0.25, -0.2) is 4.39 Å². The lowest BCUT2D eigenvalue weighted by Crippen LogP contribution is -2.36. The number of hydrogen-bond acceptors (Lipinski definition) is 2. The quantitative estimate of drug-likeness (QED) is 0.620. The molecule has 0 spiro atoms. The van der Waals surface area contributed by atoms with Gasteiger partial charge in [0.1, 0.15) is 5.92 Å². The third kappa shape index (κ3) is 2.94. The second kappa shape index (κ2) is 4.61. The van der Waals surface area contributed by atoms with E-state index < -0.39 is 18.4 Å². The molecule has 0 radical (unpaired) electrons. The lowest BCUT2D eigenvalue weighted by atomic mass is 10.1. The van der Waals surface area contributed by atoms with Crippen LogP contribution < -0.4 is 0 Å². The second-order valence-electron chi connectivity index (χ2n) is 2.22. The Morgan fingerprint density at radius 1 is 1.42 bits per heavy atom. The average Bonchev–Trinajstić information content (AvgIpc) is 2.01. The topological polar surface area (TPSA) is 18.5 Å². The molecule has 0 N–H and O–H groups in total. The van der Waals surface area contributed by atoms with Crippen LogP contribution in [0.25, 0.3) is 0 Å². The maximum atomic E-state index is 12.5. The highest BCUT2D eigenvalue weighted by Crippen LogP contribution is 2.30. The number of halogens is 4. The second-order valence-corrected chi connectivity index (χ2v) is 2.22. The van der Waals surface area contributed by atoms with Gasteiger partial charge < -0.3 is 4.74 Å². The fourth-order valence-electron chi connectivity index (χ4n) is 0.554. The van der Waals surface area contributed by atoms with Crippen molar-refractivity contribution in [2.24, 2.45) is 5.92 Å². The fraction of sp³-hybridized carbons (Fsp3) is 1.00. The molecule has 0 aliphatic heterocycles. The van der Waals surface area contributed by atoms with Gasteiger partial charge in [-0.3, -0.25) is 0 Å². The van der Waals surface area contributed by atoms with E-state index in [4.69, 9.17) is 0 Å². The zero-order chi connectivity index (χ0) is 9.78. The van der Waals surface area contributed by atoms with Gasteiger partial charge in [-0.1, -0.05) is 0 Å². The van der Waals surface area contributed by atoms with E-state index in [2.05, 4.69) is 9.68 Å². The number of ether oxygens (including phenoxy) is 1. The standard InChI is InChI=1S/C6H10F4O2/c1-3-11-6(8,9)4(2)5(7)12-10/h4-5H,3H2,1-2H3. The van der Waals surface area contributed by atoms with E-state index in [-0.39, 0.29) is 6.61 Å². The first-order chi connectivity index (χ1) is 5.45. The van der Waals surface area contributed by atoms with Crippen molar-refractivity contribution in [1.29, 1.82) is 0 Å². The summed E-state index contributed by atoms with van der Waals surface area (Å²) in [5.41, 5.74) is 0. The van der Waals surface area contributed by atoms with E-state index in [9.17, 15) is 17.7 Å². The summed E-state index contributed by atoms with van der Waals surface area (Å²) < 4.78 is 52.3. The van der Waals surface area contributed by atoms with Gasteiger partial charge in [0, 0.05) is 0 Å². The molecular formula is C6H10F4O2. The van der Waals surface area contributed by atoms with Crippen LogP contribution in [-0.2, 0) is 9.68 Å². The molecule has 2 nitrogen and oxygen atoms in total. The van der Waals surface area contributed by atoms with Gasteiger partial charge in [0.15, 0.2) is 0 Å². The van der Waals surface area contributed by atoms with Gasteiger partial charge in [0.25, 0.3) is 0 Å². The van der Waals surface area contributed by atoms with E-state index in [1.807, 2.05) is 0 Å². The first-order valence-corrected chi connectivity index (χ1v) is 3.39. The zero-order valence-electron chi connectivity index (χ0n) is 6.69. The normalized spacial score (nSPS) is 17.5. The van der Waals surface area contributed by atoms with E-state index in [0.29, 0.717) is 0 Å². The highest BCUT2D eigenvalue weighted by atomic mass is 19.3. The molecule has 2 unspecified atom stereocenters. The van der Waals surface area contributed by atoms with Gasteiger partial charge in [-0.15, -0.1) is 0 Å². The Labute approximate surface area is 67.4 Å². The van der Waals surface area contributed by atoms with Crippen LogP contribution in [0.3, 0.4) is 0 Å². The Morgan fingerprint density at radius 2 is 1.92 bits per heavy atom. The first kappa shape index (κ1) is 11.6. The van der Waals surface area contributed by atoms with Crippen molar-refractivity contribution in [2.45, 2.75) is 26.3 Å². The number of rotatable bonds is 5. The smallest absolute Gasteiger partial charge is 0.320 e. The monoisotopic (exact) mass is 190 g/mol. The fourth-order valence-corrected chi connectivity index (χ4v) is 0.554. The van der Waals surface area contributed by atoms with Crippen LogP contribution >= 0.6 is 0 Å². The third-order valence-electron chi connectivity index (χ3n) is 1.35. The molecule has 0 fully saturated rings. The molecule has 0 bridgehead atoms. The van der Waals surface area contributed by atoms with Crippen LogP contribution in [0.15, 0.2) is 0 Å². The number of hydrogen-bond donors (Lipinski definition) is 0. The predicted octanol–water partition coefficient (Wildman–Crippen LogP) is 2.45. The highest BCUT2D eigenvalue weighted by molar-refractivity contribution is 4.65. The Balaban J connectivity index is 4.13. The summed E-state index contributed by atoms with van der Waals surface area (Å²) in [4.78, 5) is 2.62. The van der Waals surface area contributed by atoms with Crippen molar-refractivity contribution in [1.82, 2.24) is 0 Å². The van der Waals surface area contributed by atoms with E-state index >= 15 is 0 Å². The molecule has 2 atom stereocenters. The lowest BCUT2D eigenvalue weighted by molar-refractivity contribution is -0.329. The maximum absolute atomic E-state index is 12.5.